The summed E-state index contributed by atoms with van der Waals surface area (Å²) in [6.45, 7) is 34.4. The first-order valence-corrected chi connectivity index (χ1v) is 16.0. The highest BCUT2D eigenvalue weighted by Gasteiger charge is 2.37. The van der Waals surface area contributed by atoms with Gasteiger partial charge in [-0.3, -0.25) is 0 Å². The smallest absolute Gasteiger partial charge is 0.485 e. The van der Waals surface area contributed by atoms with E-state index in [0.717, 1.165) is 8.37 Å². The van der Waals surface area contributed by atoms with Gasteiger partial charge in [0.2, 0.25) is 0 Å². The first-order chi connectivity index (χ1) is 18.0. The van der Waals surface area contributed by atoms with Gasteiger partial charge in [-0.25, -0.2) is 22.3 Å². The third-order valence-electron chi connectivity index (χ3n) is 6.82. The summed E-state index contributed by atoms with van der Waals surface area (Å²) >= 11 is 0. The second-order valence-corrected chi connectivity index (χ2v) is 16.3. The molecule has 1 aromatic heterocycles. The zero-order valence-electron chi connectivity index (χ0n) is 27.4. The predicted molar refractivity (Wildman–Crippen MR) is 162 cm³/mol. The number of benzene rings is 1. The lowest BCUT2D eigenvalue weighted by Gasteiger charge is -2.32. The Bertz CT molecular complexity index is 1300. The van der Waals surface area contributed by atoms with Crippen molar-refractivity contribution in [3.8, 4) is 0 Å². The number of alkyl halides is 3. The molecule has 1 heterocycles. The van der Waals surface area contributed by atoms with Crippen LogP contribution in [0, 0.1) is 13.8 Å². The molecule has 6 nitrogen and oxygen atoms in total. The minimum Gasteiger partial charge on any atom is -0.741 e. The lowest BCUT2D eigenvalue weighted by Crippen LogP contribution is -2.50. The summed E-state index contributed by atoms with van der Waals surface area (Å²) in [5.74, 6) is 0. The van der Waals surface area contributed by atoms with Gasteiger partial charge in [-0.05, 0) is 60.6 Å². The number of nitrogens with zero attached hydrogens (tertiary/aromatic N) is 3. The van der Waals surface area contributed by atoms with Crippen molar-refractivity contribution < 1.29 is 30.7 Å². The molecular formula is C30H49F3N3O3PS. The third kappa shape index (κ3) is 9.11. The number of aromatic nitrogens is 2. The fourth-order valence-corrected chi connectivity index (χ4v) is 5.87. The van der Waals surface area contributed by atoms with E-state index in [-0.39, 0.29) is 16.2 Å². The average molecular weight is 620 g/mol. The lowest BCUT2D eigenvalue weighted by molar-refractivity contribution is -0.704. The minimum absolute atomic E-state index is 0.00943. The Hall–Kier alpha value is -1.77. The van der Waals surface area contributed by atoms with E-state index < -0.39 is 15.6 Å². The molecule has 0 aliphatic rings. The molecule has 2 aromatic rings. The molecule has 0 atom stereocenters. The highest BCUT2D eigenvalue weighted by atomic mass is 32.2. The van der Waals surface area contributed by atoms with E-state index in [2.05, 4.69) is 125 Å². The first-order valence-electron chi connectivity index (χ1n) is 13.8. The molecule has 0 saturated carbocycles. The average Bonchev–Trinajstić information content (AvgIpc) is 2.98. The van der Waals surface area contributed by atoms with Gasteiger partial charge < -0.3 is 4.55 Å². The molecule has 0 aliphatic heterocycles. The lowest BCUT2D eigenvalue weighted by atomic mass is 9.74. The molecule has 0 spiro atoms. The van der Waals surface area contributed by atoms with E-state index in [4.69, 9.17) is 17.7 Å². The van der Waals surface area contributed by atoms with Crippen LogP contribution < -0.4 is 10.1 Å². The van der Waals surface area contributed by atoms with Gasteiger partial charge in [0.15, 0.2) is 10.1 Å². The molecule has 0 saturated heterocycles. The molecule has 0 aliphatic carbocycles. The highest BCUT2D eigenvalue weighted by molar-refractivity contribution is 7.86. The molecule has 1 aromatic carbocycles. The quantitative estimate of drug-likeness (QED) is 0.149. The maximum Gasteiger partial charge on any atom is 0.485 e. The molecule has 0 radical (unpaired) electrons. The Kier molecular flexibility index (Phi) is 11.3. The topological polar surface area (TPSA) is 78.4 Å². The van der Waals surface area contributed by atoms with Crippen LogP contribution in [0.25, 0.3) is 0 Å². The van der Waals surface area contributed by atoms with E-state index in [1.165, 1.54) is 39.3 Å². The summed E-state index contributed by atoms with van der Waals surface area (Å²) in [5, 5.41) is 0. The maximum absolute atomic E-state index is 10.7. The largest absolute Gasteiger partial charge is 0.741 e. The Labute approximate surface area is 247 Å². The Balaban J connectivity index is 0.000000915. The standard InChI is InChI=1S/C29H49N3P.CHF3O3S/c1-18(2)31-20(5)21(6)32(19(3)4)26(31)33-30-25-23(28(10,11)12)16-22(27(7,8)9)17-24(25)29(13,14)15;2-1(3,4)8(5,6)7/h16-19H,1-15H3;(H,5,6,7)/q+1;/p-1. The first kappa shape index (κ1) is 37.3. The van der Waals surface area contributed by atoms with Crippen LogP contribution in [0.2, 0.25) is 0 Å². The van der Waals surface area contributed by atoms with Crippen molar-refractivity contribution in [2.24, 2.45) is 4.74 Å². The van der Waals surface area contributed by atoms with Gasteiger partial charge in [0, 0.05) is 13.8 Å². The summed E-state index contributed by atoms with van der Waals surface area (Å²) < 4.78 is 69.2. The van der Waals surface area contributed by atoms with E-state index in [1.54, 1.807) is 0 Å². The van der Waals surface area contributed by atoms with Crippen LogP contribution in [-0.2, 0) is 26.4 Å². The fourth-order valence-electron chi connectivity index (χ4n) is 4.51. The van der Waals surface area contributed by atoms with Crippen molar-refractivity contribution in [1.82, 2.24) is 4.57 Å². The highest BCUT2D eigenvalue weighted by Crippen LogP contribution is 2.44. The monoisotopic (exact) mass is 619 g/mol. The molecule has 2 rings (SSSR count). The van der Waals surface area contributed by atoms with E-state index in [0.29, 0.717) is 12.1 Å². The van der Waals surface area contributed by atoms with Gasteiger partial charge in [0.25, 0.3) is 0 Å². The molecule has 11 heteroatoms. The van der Waals surface area contributed by atoms with Crippen LogP contribution in [0.5, 0.6) is 0 Å². The molecule has 0 fully saturated rings. The van der Waals surface area contributed by atoms with Crippen LogP contribution in [-0.4, -0.2) is 23.0 Å². The Morgan fingerprint density at radius 1 is 0.854 bits per heavy atom. The van der Waals surface area contributed by atoms with E-state index in [9.17, 15) is 13.2 Å². The van der Waals surface area contributed by atoms with Crippen LogP contribution in [0.4, 0.5) is 18.9 Å². The Morgan fingerprint density at radius 3 is 1.51 bits per heavy atom. The van der Waals surface area contributed by atoms with Crippen LogP contribution in [0.15, 0.2) is 16.9 Å². The van der Waals surface area contributed by atoms with Crippen molar-refractivity contribution in [3.05, 3.63) is 40.2 Å². The van der Waals surface area contributed by atoms with Crippen LogP contribution in [0.1, 0.15) is 130 Å². The number of hydrogen-bond acceptors (Lipinski definition) is 4. The predicted octanol–water partition coefficient (Wildman–Crippen LogP) is 8.58. The summed E-state index contributed by atoms with van der Waals surface area (Å²) in [7, 11) is -5.08. The van der Waals surface area contributed by atoms with Crippen LogP contribution >= 0.6 is 8.37 Å². The van der Waals surface area contributed by atoms with Gasteiger partial charge in [0.05, 0.1) is 17.8 Å². The molecule has 234 valence electrons. The normalized spacial score (nSPS) is 13.8. The van der Waals surface area contributed by atoms with Crippen molar-refractivity contribution in [1.29, 1.82) is 0 Å². The fraction of sp³-hybridized carbons (Fsp3) is 0.700. The number of rotatable bonds is 4. The second-order valence-electron chi connectivity index (χ2n) is 14.2. The van der Waals surface area contributed by atoms with E-state index >= 15 is 0 Å². The zero-order chi connectivity index (χ0) is 32.7. The van der Waals surface area contributed by atoms with Gasteiger partial charge in [-0.15, -0.1) is 0 Å². The Morgan fingerprint density at radius 2 is 1.24 bits per heavy atom. The number of halogens is 3. The molecule has 0 N–H and O–H groups in total. The van der Waals surface area contributed by atoms with Crippen LogP contribution in [0.3, 0.4) is 0 Å². The van der Waals surface area contributed by atoms with E-state index in [1.807, 2.05) is 0 Å². The summed E-state index contributed by atoms with van der Waals surface area (Å²) in [5.41, 5.74) is 3.68. The van der Waals surface area contributed by atoms with Gasteiger partial charge in [0.1, 0.15) is 19.8 Å². The van der Waals surface area contributed by atoms with Crippen molar-refractivity contribution in [2.75, 3.05) is 0 Å². The zero-order valence-corrected chi connectivity index (χ0v) is 29.1. The minimum atomic E-state index is -6.09. The number of hydrogen-bond donors (Lipinski definition) is 0. The SMILES string of the molecule is Cc1c(C)[n+](C(C)C)c(P=Nc2c(C(C)(C)C)cc(C(C)(C)C)cc2C(C)(C)C)n1C(C)C.O=S(=O)([O-])C(F)(F)F. The van der Waals surface area contributed by atoms with Gasteiger partial charge in [-0.1, -0.05) is 74.4 Å². The summed E-state index contributed by atoms with van der Waals surface area (Å²) in [6, 6.07) is 5.62. The van der Waals surface area contributed by atoms with Gasteiger partial charge >= 0.3 is 11.1 Å². The number of imidazole rings is 1. The second kappa shape index (κ2) is 12.5. The molecule has 0 unspecified atom stereocenters. The maximum atomic E-state index is 10.7. The van der Waals surface area contributed by atoms with Crippen molar-refractivity contribution in [2.45, 2.75) is 138 Å². The molecule has 0 amide bonds. The van der Waals surface area contributed by atoms with Crippen molar-refractivity contribution in [3.63, 3.8) is 0 Å². The molecule has 41 heavy (non-hydrogen) atoms. The summed E-state index contributed by atoms with van der Waals surface area (Å²) in [6.07, 6.45) is 0. The summed E-state index contributed by atoms with van der Waals surface area (Å²) in [4.78, 5) is 0. The molecule has 0 bridgehead atoms. The van der Waals surface area contributed by atoms with Crippen molar-refractivity contribution >= 4 is 29.7 Å². The molecular weight excluding hydrogens is 570 g/mol. The van der Waals surface area contributed by atoms with Gasteiger partial charge in [-0.2, -0.15) is 13.2 Å². The third-order valence-corrected chi connectivity index (χ3v) is 8.30.